The zero-order valence-corrected chi connectivity index (χ0v) is 16.6. The van der Waals surface area contributed by atoms with Crippen molar-refractivity contribution in [2.75, 3.05) is 13.2 Å². The minimum Gasteiger partial charge on any atom is -0.490 e. The Labute approximate surface area is 174 Å². The van der Waals surface area contributed by atoms with E-state index in [0.29, 0.717) is 28.9 Å². The van der Waals surface area contributed by atoms with Gasteiger partial charge < -0.3 is 14.2 Å². The number of aromatic nitrogens is 1. The number of esters is 1. The number of carbonyl (C=O) groups is 1. The molecule has 0 aliphatic heterocycles. The Hall–Kier alpha value is -3.31. The third kappa shape index (κ3) is 6.36. The maximum atomic E-state index is 12.2. The molecule has 0 saturated carbocycles. The minimum absolute atomic E-state index is 0.228. The average Bonchev–Trinajstić information content (AvgIpc) is 2.74. The smallest absolute Gasteiger partial charge is 0.349 e. The lowest BCUT2D eigenvalue weighted by Crippen LogP contribution is -2.18. The molecular formula is C23H20ClNO4. The first kappa shape index (κ1) is 20.4. The van der Waals surface area contributed by atoms with Crippen molar-refractivity contribution in [2.24, 2.45) is 0 Å². The van der Waals surface area contributed by atoms with Crippen molar-refractivity contribution < 1.29 is 19.0 Å². The normalized spacial score (nSPS) is 10.7. The fraction of sp³-hybridized carbons (Fsp3) is 0.130. The van der Waals surface area contributed by atoms with Gasteiger partial charge in [0, 0.05) is 11.2 Å². The van der Waals surface area contributed by atoms with Crippen LogP contribution in [0.2, 0.25) is 5.02 Å². The molecule has 0 aliphatic rings. The van der Waals surface area contributed by atoms with E-state index in [1.165, 1.54) is 0 Å². The molecule has 0 aliphatic carbocycles. The van der Waals surface area contributed by atoms with E-state index in [0.717, 1.165) is 11.3 Å². The van der Waals surface area contributed by atoms with Gasteiger partial charge in [0.1, 0.15) is 5.75 Å². The number of nitrogens with zero attached hydrogens (tertiary/aromatic N) is 1. The molecule has 29 heavy (non-hydrogen) atoms. The summed E-state index contributed by atoms with van der Waals surface area (Å²) in [7, 11) is 0. The molecule has 2 aromatic carbocycles. The van der Waals surface area contributed by atoms with Crippen molar-refractivity contribution >= 4 is 29.7 Å². The van der Waals surface area contributed by atoms with E-state index in [9.17, 15) is 4.79 Å². The lowest BCUT2D eigenvalue weighted by atomic mass is 10.1. The fourth-order valence-electron chi connectivity index (χ4n) is 2.46. The number of hydrogen-bond donors (Lipinski definition) is 0. The fourth-order valence-corrected chi connectivity index (χ4v) is 2.59. The van der Waals surface area contributed by atoms with Gasteiger partial charge in [0.15, 0.2) is 18.1 Å². The highest BCUT2D eigenvalue weighted by atomic mass is 35.5. The predicted molar refractivity (Wildman–Crippen MR) is 113 cm³/mol. The first-order valence-corrected chi connectivity index (χ1v) is 9.47. The van der Waals surface area contributed by atoms with Gasteiger partial charge in [-0.05, 0) is 67.1 Å². The molecule has 5 nitrogen and oxygen atoms in total. The molecule has 0 spiro atoms. The first-order valence-electron chi connectivity index (χ1n) is 9.09. The number of carbonyl (C=O) groups excluding carboxylic acids is 1. The van der Waals surface area contributed by atoms with Crippen LogP contribution in [0.25, 0.3) is 12.2 Å². The van der Waals surface area contributed by atoms with E-state index in [2.05, 4.69) is 4.98 Å². The van der Waals surface area contributed by atoms with E-state index in [-0.39, 0.29) is 6.61 Å². The highest BCUT2D eigenvalue weighted by Gasteiger charge is 2.12. The summed E-state index contributed by atoms with van der Waals surface area (Å²) in [6, 6.07) is 17.8. The van der Waals surface area contributed by atoms with Crippen molar-refractivity contribution in [1.29, 1.82) is 0 Å². The molecule has 0 N–H and O–H groups in total. The highest BCUT2D eigenvalue weighted by Crippen LogP contribution is 2.29. The molecule has 1 aromatic heterocycles. The van der Waals surface area contributed by atoms with Gasteiger partial charge in [0.05, 0.1) is 12.3 Å². The number of pyridine rings is 1. The Morgan fingerprint density at radius 1 is 1.00 bits per heavy atom. The Morgan fingerprint density at radius 3 is 2.55 bits per heavy atom. The predicted octanol–water partition coefficient (Wildman–Crippen LogP) is 5.29. The molecule has 3 rings (SSSR count). The van der Waals surface area contributed by atoms with Gasteiger partial charge in [0.2, 0.25) is 0 Å². The molecule has 0 bridgehead atoms. The van der Waals surface area contributed by atoms with Gasteiger partial charge in [-0.3, -0.25) is 4.98 Å². The third-order valence-electron chi connectivity index (χ3n) is 3.80. The third-order valence-corrected chi connectivity index (χ3v) is 4.05. The largest absolute Gasteiger partial charge is 0.490 e. The summed E-state index contributed by atoms with van der Waals surface area (Å²) in [6.07, 6.45) is 5.55. The summed E-state index contributed by atoms with van der Waals surface area (Å²) < 4.78 is 16.4. The number of rotatable bonds is 8. The number of hydrogen-bond acceptors (Lipinski definition) is 5. The van der Waals surface area contributed by atoms with Crippen LogP contribution in [0.5, 0.6) is 17.2 Å². The van der Waals surface area contributed by atoms with Crippen LogP contribution in [-0.4, -0.2) is 24.2 Å². The molecule has 148 valence electrons. The Balaban J connectivity index is 1.65. The average molecular weight is 410 g/mol. The Bertz CT molecular complexity index is 972. The molecule has 1 heterocycles. The molecule has 0 radical (unpaired) electrons. The van der Waals surface area contributed by atoms with E-state index in [1.807, 2.05) is 49.4 Å². The van der Waals surface area contributed by atoms with Gasteiger partial charge in [0.25, 0.3) is 0 Å². The van der Waals surface area contributed by atoms with Crippen LogP contribution in [0.3, 0.4) is 0 Å². The van der Waals surface area contributed by atoms with Crippen molar-refractivity contribution in [2.45, 2.75) is 6.92 Å². The minimum atomic E-state index is -0.530. The second kappa shape index (κ2) is 10.3. The van der Waals surface area contributed by atoms with E-state index >= 15 is 0 Å². The Kier molecular flexibility index (Phi) is 7.25. The quantitative estimate of drug-likeness (QED) is 0.374. The topological polar surface area (TPSA) is 57.7 Å². The van der Waals surface area contributed by atoms with Gasteiger partial charge in [-0.2, -0.15) is 0 Å². The molecule has 0 saturated heterocycles. The van der Waals surface area contributed by atoms with Crippen molar-refractivity contribution in [1.82, 2.24) is 4.98 Å². The summed E-state index contributed by atoms with van der Waals surface area (Å²) in [4.78, 5) is 16.4. The molecule has 0 atom stereocenters. The second-order valence-electron chi connectivity index (χ2n) is 5.94. The summed E-state index contributed by atoms with van der Waals surface area (Å²) >= 11 is 5.83. The molecule has 3 aromatic rings. The molecule has 0 fully saturated rings. The van der Waals surface area contributed by atoms with Crippen LogP contribution in [0.1, 0.15) is 18.2 Å². The number of halogens is 1. The van der Waals surface area contributed by atoms with Gasteiger partial charge >= 0.3 is 5.97 Å². The maximum absolute atomic E-state index is 12.2. The number of benzene rings is 2. The van der Waals surface area contributed by atoms with Crippen LogP contribution >= 0.6 is 11.6 Å². The maximum Gasteiger partial charge on any atom is 0.349 e. The van der Waals surface area contributed by atoms with Crippen LogP contribution in [0, 0.1) is 0 Å². The van der Waals surface area contributed by atoms with Gasteiger partial charge in [-0.1, -0.05) is 29.8 Å². The van der Waals surface area contributed by atoms with Crippen LogP contribution in [-0.2, 0) is 4.79 Å². The van der Waals surface area contributed by atoms with Gasteiger partial charge in [-0.15, -0.1) is 0 Å². The van der Waals surface area contributed by atoms with Crippen molar-refractivity contribution in [3.05, 3.63) is 83.1 Å². The van der Waals surface area contributed by atoms with E-state index < -0.39 is 5.97 Å². The lowest BCUT2D eigenvalue weighted by Gasteiger charge is -2.12. The van der Waals surface area contributed by atoms with Crippen molar-refractivity contribution in [3.63, 3.8) is 0 Å². The molecule has 0 unspecified atom stereocenters. The van der Waals surface area contributed by atoms with Crippen LogP contribution in [0.15, 0.2) is 66.9 Å². The molecular weight excluding hydrogens is 390 g/mol. The number of ether oxygens (including phenoxy) is 3. The van der Waals surface area contributed by atoms with Crippen molar-refractivity contribution in [3.8, 4) is 17.2 Å². The lowest BCUT2D eigenvalue weighted by molar-refractivity contribution is -0.136. The molecule has 0 amide bonds. The summed E-state index contributed by atoms with van der Waals surface area (Å²) in [5, 5.41) is 0.596. The SMILES string of the molecule is CCOc1cc(/C=C/c2ccccn2)ccc1OC(=O)COc1ccc(Cl)cc1. The van der Waals surface area contributed by atoms with Crippen LogP contribution < -0.4 is 14.2 Å². The summed E-state index contributed by atoms with van der Waals surface area (Å²) in [5.74, 6) is 0.825. The van der Waals surface area contributed by atoms with E-state index in [4.69, 9.17) is 25.8 Å². The zero-order valence-electron chi connectivity index (χ0n) is 15.9. The molecule has 6 heteroatoms. The monoisotopic (exact) mass is 409 g/mol. The first-order chi connectivity index (χ1) is 14.1. The highest BCUT2D eigenvalue weighted by molar-refractivity contribution is 6.30. The Morgan fingerprint density at radius 2 is 1.83 bits per heavy atom. The second-order valence-corrected chi connectivity index (χ2v) is 6.38. The summed E-state index contributed by atoms with van der Waals surface area (Å²) in [6.45, 7) is 2.08. The zero-order chi connectivity index (χ0) is 20.5. The van der Waals surface area contributed by atoms with E-state index in [1.54, 1.807) is 36.5 Å². The van der Waals surface area contributed by atoms with Gasteiger partial charge in [-0.25, -0.2) is 4.79 Å². The summed E-state index contributed by atoms with van der Waals surface area (Å²) in [5.41, 5.74) is 1.75. The van der Waals surface area contributed by atoms with Crippen LogP contribution in [0.4, 0.5) is 0 Å². The standard InChI is InChI=1S/C23H20ClNO4/c1-2-27-22-15-17(6-10-19-5-3-4-14-25-19)7-13-21(22)29-23(26)16-28-20-11-8-18(24)9-12-20/h3-15H,2,16H2,1H3/b10-6+.